The minimum atomic E-state index is -0.713. The molecule has 0 saturated heterocycles. The second-order valence-corrected chi connectivity index (χ2v) is 6.24. The van der Waals surface area contributed by atoms with Crippen LogP contribution < -0.4 is 5.32 Å². The molecule has 10 heteroatoms. The maximum Gasteiger partial charge on any atom is 0.433 e. The highest BCUT2D eigenvalue weighted by atomic mass is 32.1. The number of amides is 1. The zero-order valence-electron chi connectivity index (χ0n) is 13.5. The number of benzene rings is 1. The van der Waals surface area contributed by atoms with E-state index in [-0.39, 0.29) is 11.7 Å². The zero-order valence-corrected chi connectivity index (χ0v) is 14.3. The van der Waals surface area contributed by atoms with Crippen molar-refractivity contribution in [1.29, 1.82) is 0 Å². The summed E-state index contributed by atoms with van der Waals surface area (Å²) in [5.41, 5.74) is 0.921. The Labute approximate surface area is 155 Å². The van der Waals surface area contributed by atoms with Gasteiger partial charge in [0.1, 0.15) is 4.92 Å². The van der Waals surface area contributed by atoms with Gasteiger partial charge in [0.25, 0.3) is 11.8 Å². The Balaban J connectivity index is 1.61. The summed E-state index contributed by atoms with van der Waals surface area (Å²) in [4.78, 5) is 27.5. The summed E-state index contributed by atoms with van der Waals surface area (Å²) in [5.74, 6) is -0.636. The van der Waals surface area contributed by atoms with Crippen LogP contribution >= 0.6 is 11.3 Å². The summed E-state index contributed by atoms with van der Waals surface area (Å²) >= 11 is 1.48. The molecular formula is C17H10N4O5S. The molecule has 9 nitrogen and oxygen atoms in total. The zero-order chi connectivity index (χ0) is 18.8. The molecule has 4 aromatic rings. The molecule has 1 amide bonds. The van der Waals surface area contributed by atoms with Gasteiger partial charge >= 0.3 is 5.88 Å². The lowest BCUT2D eigenvalue weighted by Crippen LogP contribution is -2.11. The van der Waals surface area contributed by atoms with E-state index >= 15 is 0 Å². The van der Waals surface area contributed by atoms with Crippen LogP contribution in [0.3, 0.4) is 0 Å². The van der Waals surface area contributed by atoms with Crippen molar-refractivity contribution < 1.29 is 18.7 Å². The molecule has 1 aromatic carbocycles. The molecule has 0 atom stereocenters. The second kappa shape index (κ2) is 6.84. The number of carbonyl (C=O) groups is 1. The van der Waals surface area contributed by atoms with Crippen LogP contribution in [0, 0.1) is 10.1 Å². The summed E-state index contributed by atoms with van der Waals surface area (Å²) in [7, 11) is 0. The molecule has 0 spiro atoms. The summed E-state index contributed by atoms with van der Waals surface area (Å²) in [5, 5.41) is 19.2. The van der Waals surface area contributed by atoms with E-state index in [2.05, 4.69) is 15.5 Å². The number of nitrogens with one attached hydrogen (secondary N) is 1. The van der Waals surface area contributed by atoms with Gasteiger partial charge < -0.3 is 14.3 Å². The number of aromatic nitrogens is 2. The van der Waals surface area contributed by atoms with Crippen LogP contribution in [0.1, 0.15) is 10.6 Å². The van der Waals surface area contributed by atoms with Crippen molar-refractivity contribution in [3.63, 3.8) is 0 Å². The molecule has 0 bridgehead atoms. The highest BCUT2D eigenvalue weighted by molar-refractivity contribution is 7.13. The van der Waals surface area contributed by atoms with E-state index in [9.17, 15) is 14.9 Å². The first-order valence-corrected chi connectivity index (χ1v) is 8.52. The standard InChI is InChI=1S/C17H10N4O5S/c22-16(12-7-8-14(25-12)21(23)24)18-11-5-2-1-4-10(11)17-19-15(20-26-17)13-6-3-9-27-13/h1-9H,(H,18,22). The number of nitrogens with zero attached hydrogens (tertiary/aromatic N) is 3. The van der Waals surface area contributed by atoms with Gasteiger partial charge in [-0.15, -0.1) is 11.3 Å². The number of hydrogen-bond acceptors (Lipinski definition) is 8. The van der Waals surface area contributed by atoms with E-state index in [4.69, 9.17) is 8.94 Å². The fraction of sp³-hybridized carbons (Fsp3) is 0. The summed E-state index contributed by atoms with van der Waals surface area (Å²) in [6.07, 6.45) is 0. The molecule has 0 aliphatic carbocycles. The maximum atomic E-state index is 12.3. The lowest BCUT2D eigenvalue weighted by Gasteiger charge is -2.06. The molecule has 3 heterocycles. The van der Waals surface area contributed by atoms with Gasteiger partial charge in [-0.25, -0.2) is 0 Å². The minimum Gasteiger partial charge on any atom is -0.395 e. The Bertz CT molecular complexity index is 1120. The first-order valence-electron chi connectivity index (χ1n) is 7.64. The van der Waals surface area contributed by atoms with Gasteiger partial charge in [0.2, 0.25) is 5.82 Å². The number of hydrogen-bond donors (Lipinski definition) is 1. The van der Waals surface area contributed by atoms with Gasteiger partial charge in [-0.2, -0.15) is 4.98 Å². The highest BCUT2D eigenvalue weighted by Gasteiger charge is 2.20. The Hall–Kier alpha value is -3.79. The molecule has 0 aliphatic rings. The van der Waals surface area contributed by atoms with E-state index in [0.717, 1.165) is 10.9 Å². The van der Waals surface area contributed by atoms with Gasteiger partial charge in [0, 0.05) is 0 Å². The van der Waals surface area contributed by atoms with Crippen molar-refractivity contribution in [2.75, 3.05) is 5.32 Å². The number of para-hydroxylation sites is 1. The molecule has 1 N–H and O–H groups in total. The molecule has 3 aromatic heterocycles. The number of carbonyl (C=O) groups excluding carboxylic acids is 1. The SMILES string of the molecule is O=C(Nc1ccccc1-c1nc(-c2cccs2)no1)c1ccc([N+](=O)[O-])o1. The van der Waals surface area contributed by atoms with Crippen molar-refractivity contribution in [3.8, 4) is 22.2 Å². The molecule has 0 aliphatic heterocycles. The van der Waals surface area contributed by atoms with Gasteiger partial charge in [-0.1, -0.05) is 23.4 Å². The molecule has 0 fully saturated rings. The van der Waals surface area contributed by atoms with Crippen LogP contribution in [0.4, 0.5) is 11.6 Å². The summed E-state index contributed by atoms with van der Waals surface area (Å²) in [6.45, 7) is 0. The fourth-order valence-corrected chi connectivity index (χ4v) is 3.00. The van der Waals surface area contributed by atoms with Crippen LogP contribution in [-0.2, 0) is 0 Å². The summed E-state index contributed by atoms with van der Waals surface area (Å²) < 4.78 is 10.2. The van der Waals surface area contributed by atoms with E-state index < -0.39 is 16.7 Å². The number of rotatable bonds is 5. The van der Waals surface area contributed by atoms with Gasteiger partial charge in [0.05, 0.1) is 22.2 Å². The number of furan rings is 1. The predicted molar refractivity (Wildman–Crippen MR) is 96.4 cm³/mol. The smallest absolute Gasteiger partial charge is 0.395 e. The van der Waals surface area contributed by atoms with Gasteiger partial charge in [-0.3, -0.25) is 14.9 Å². The average Bonchev–Trinajstić information content (AvgIpc) is 3.42. The quantitative estimate of drug-likeness (QED) is 0.405. The minimum absolute atomic E-state index is 0.179. The predicted octanol–water partition coefficient (Wildman–Crippen LogP) is 4.22. The third-order valence-electron chi connectivity index (χ3n) is 3.57. The van der Waals surface area contributed by atoms with Gasteiger partial charge in [-0.05, 0) is 29.6 Å². The third-order valence-corrected chi connectivity index (χ3v) is 4.43. The lowest BCUT2D eigenvalue weighted by atomic mass is 10.1. The first kappa shape index (κ1) is 16.7. The van der Waals surface area contributed by atoms with Crippen LogP contribution in [0.5, 0.6) is 0 Å². The normalized spacial score (nSPS) is 10.7. The molecule has 27 heavy (non-hydrogen) atoms. The van der Waals surface area contributed by atoms with Crippen molar-refractivity contribution in [1.82, 2.24) is 10.1 Å². The molecule has 0 unspecified atom stereocenters. The Kier molecular flexibility index (Phi) is 4.22. The van der Waals surface area contributed by atoms with Crippen LogP contribution in [0.2, 0.25) is 0 Å². The Morgan fingerprint density at radius 3 is 2.74 bits per heavy atom. The largest absolute Gasteiger partial charge is 0.433 e. The van der Waals surface area contributed by atoms with Crippen LogP contribution in [0.15, 0.2) is 62.9 Å². The van der Waals surface area contributed by atoms with Crippen molar-refractivity contribution in [2.45, 2.75) is 0 Å². The fourth-order valence-electron chi connectivity index (χ4n) is 2.35. The molecular weight excluding hydrogens is 372 g/mol. The topological polar surface area (TPSA) is 124 Å². The highest BCUT2D eigenvalue weighted by Crippen LogP contribution is 2.30. The third kappa shape index (κ3) is 3.33. The molecule has 134 valence electrons. The molecule has 4 rings (SSSR count). The van der Waals surface area contributed by atoms with Crippen LogP contribution in [-0.4, -0.2) is 21.0 Å². The lowest BCUT2D eigenvalue weighted by molar-refractivity contribution is -0.402. The summed E-state index contributed by atoms with van der Waals surface area (Å²) in [6, 6.07) is 13.0. The average molecular weight is 382 g/mol. The van der Waals surface area contributed by atoms with E-state index in [1.54, 1.807) is 24.3 Å². The molecule has 0 saturated carbocycles. The van der Waals surface area contributed by atoms with E-state index in [0.29, 0.717) is 17.1 Å². The van der Waals surface area contributed by atoms with Crippen molar-refractivity contribution in [3.05, 3.63) is 69.8 Å². The number of anilines is 1. The number of nitro groups is 1. The van der Waals surface area contributed by atoms with Crippen LogP contribution in [0.25, 0.3) is 22.2 Å². The Morgan fingerprint density at radius 2 is 2.00 bits per heavy atom. The van der Waals surface area contributed by atoms with E-state index in [1.807, 2.05) is 17.5 Å². The maximum absolute atomic E-state index is 12.3. The first-order chi connectivity index (χ1) is 13.1. The van der Waals surface area contributed by atoms with E-state index in [1.165, 1.54) is 17.4 Å². The Morgan fingerprint density at radius 1 is 1.15 bits per heavy atom. The van der Waals surface area contributed by atoms with Gasteiger partial charge in [0.15, 0.2) is 5.76 Å². The second-order valence-electron chi connectivity index (χ2n) is 5.30. The monoisotopic (exact) mass is 382 g/mol. The number of thiophene rings is 1. The van der Waals surface area contributed by atoms with Crippen molar-refractivity contribution in [2.24, 2.45) is 0 Å². The van der Waals surface area contributed by atoms with Crippen molar-refractivity contribution >= 4 is 28.8 Å². The molecule has 0 radical (unpaired) electrons.